The minimum atomic E-state index is -0.0880. The topological polar surface area (TPSA) is 59.6 Å². The van der Waals surface area contributed by atoms with Gasteiger partial charge >= 0.3 is 0 Å². The molecular formula is C16H25ClN2O3. The number of halogens is 1. The molecule has 1 aromatic carbocycles. The van der Waals surface area contributed by atoms with Crippen LogP contribution in [0, 0.1) is 0 Å². The Morgan fingerprint density at radius 3 is 2.55 bits per heavy atom. The fraction of sp³-hybridized carbons (Fsp3) is 0.562. The zero-order chi connectivity index (χ0) is 14.9. The monoisotopic (exact) mass is 328 g/mol. The Labute approximate surface area is 138 Å². The van der Waals surface area contributed by atoms with E-state index in [1.54, 1.807) is 0 Å². The summed E-state index contributed by atoms with van der Waals surface area (Å²) in [4.78, 5) is 11.7. The highest BCUT2D eigenvalue weighted by Crippen LogP contribution is 2.17. The maximum atomic E-state index is 11.7. The van der Waals surface area contributed by atoms with Crippen molar-refractivity contribution in [2.75, 3.05) is 26.3 Å². The molecule has 124 valence electrons. The van der Waals surface area contributed by atoms with Crippen molar-refractivity contribution in [1.82, 2.24) is 10.6 Å². The molecule has 1 aromatic rings. The van der Waals surface area contributed by atoms with Crippen molar-refractivity contribution in [3.05, 3.63) is 24.3 Å². The van der Waals surface area contributed by atoms with E-state index in [2.05, 4.69) is 17.6 Å². The predicted octanol–water partition coefficient (Wildman–Crippen LogP) is 2.14. The lowest BCUT2D eigenvalue weighted by atomic mass is 10.2. The second kappa shape index (κ2) is 10.3. The van der Waals surface area contributed by atoms with Gasteiger partial charge in [-0.15, -0.1) is 12.4 Å². The summed E-state index contributed by atoms with van der Waals surface area (Å²) >= 11 is 0. The average Bonchev–Trinajstić information content (AvgIpc) is 3.03. The molecule has 6 heteroatoms. The number of ether oxygens (including phenoxy) is 2. The number of rotatable bonds is 8. The van der Waals surface area contributed by atoms with Crippen LogP contribution in [0.2, 0.25) is 0 Å². The number of hydrogen-bond acceptors (Lipinski definition) is 4. The van der Waals surface area contributed by atoms with E-state index in [4.69, 9.17) is 9.47 Å². The smallest absolute Gasteiger partial charge is 0.257 e. The molecule has 1 aliphatic heterocycles. The van der Waals surface area contributed by atoms with Gasteiger partial charge in [0.2, 0.25) is 0 Å². The van der Waals surface area contributed by atoms with Crippen LogP contribution in [0.15, 0.2) is 24.3 Å². The number of carbonyl (C=O) groups excluding carboxylic acids is 1. The molecule has 1 saturated heterocycles. The van der Waals surface area contributed by atoms with Crippen molar-refractivity contribution < 1.29 is 14.3 Å². The van der Waals surface area contributed by atoms with Gasteiger partial charge in [-0.2, -0.15) is 0 Å². The molecule has 2 N–H and O–H groups in total. The summed E-state index contributed by atoms with van der Waals surface area (Å²) < 4.78 is 10.9. The van der Waals surface area contributed by atoms with Crippen LogP contribution in [-0.2, 0) is 4.79 Å². The van der Waals surface area contributed by atoms with Gasteiger partial charge in [0.25, 0.3) is 5.91 Å². The molecule has 1 unspecified atom stereocenters. The van der Waals surface area contributed by atoms with Gasteiger partial charge in [0, 0.05) is 12.6 Å². The summed E-state index contributed by atoms with van der Waals surface area (Å²) in [5.41, 5.74) is 0. The predicted molar refractivity (Wildman–Crippen MR) is 89.0 cm³/mol. The minimum absolute atomic E-state index is 0. The number of amides is 1. The Bertz CT molecular complexity index is 434. The number of nitrogens with one attached hydrogen (secondary N) is 2. The van der Waals surface area contributed by atoms with Gasteiger partial charge in [0.15, 0.2) is 6.61 Å². The van der Waals surface area contributed by atoms with Gasteiger partial charge in [0.1, 0.15) is 11.5 Å². The molecule has 1 amide bonds. The van der Waals surface area contributed by atoms with Gasteiger partial charge in [-0.25, -0.2) is 0 Å². The SMILES string of the molecule is CCCOc1ccc(OCC(=O)NCC2CCCN2)cc1.Cl. The normalized spacial score (nSPS) is 16.7. The van der Waals surface area contributed by atoms with Crippen molar-refractivity contribution in [3.8, 4) is 11.5 Å². The summed E-state index contributed by atoms with van der Waals surface area (Å²) in [5.74, 6) is 1.41. The van der Waals surface area contributed by atoms with E-state index < -0.39 is 0 Å². The van der Waals surface area contributed by atoms with Crippen molar-refractivity contribution >= 4 is 18.3 Å². The standard InChI is InChI=1S/C16H24N2O3.ClH/c1-2-10-20-14-5-7-15(8-6-14)21-12-16(19)18-11-13-4-3-9-17-13;/h5-8,13,17H,2-4,9-12H2,1H3,(H,18,19);1H. The largest absolute Gasteiger partial charge is 0.494 e. The van der Waals surface area contributed by atoms with Crippen LogP contribution in [0.5, 0.6) is 11.5 Å². The lowest BCUT2D eigenvalue weighted by Crippen LogP contribution is -2.39. The minimum Gasteiger partial charge on any atom is -0.494 e. The quantitative estimate of drug-likeness (QED) is 0.767. The van der Waals surface area contributed by atoms with Crippen molar-refractivity contribution in [2.45, 2.75) is 32.2 Å². The van der Waals surface area contributed by atoms with E-state index in [-0.39, 0.29) is 24.9 Å². The van der Waals surface area contributed by atoms with Gasteiger partial charge in [-0.05, 0) is 50.1 Å². The Morgan fingerprint density at radius 1 is 1.27 bits per heavy atom. The Morgan fingerprint density at radius 2 is 1.95 bits per heavy atom. The third-order valence-electron chi connectivity index (χ3n) is 3.37. The van der Waals surface area contributed by atoms with Gasteiger partial charge in [-0.1, -0.05) is 6.92 Å². The third-order valence-corrected chi connectivity index (χ3v) is 3.37. The second-order valence-corrected chi connectivity index (χ2v) is 5.21. The van der Waals surface area contributed by atoms with Gasteiger partial charge in [0.05, 0.1) is 6.61 Å². The molecule has 0 bridgehead atoms. The Hall–Kier alpha value is -1.46. The van der Waals surface area contributed by atoms with Crippen LogP contribution in [0.1, 0.15) is 26.2 Å². The number of benzene rings is 1. The Kier molecular flexibility index (Phi) is 8.70. The molecule has 1 heterocycles. The van der Waals surface area contributed by atoms with Crippen molar-refractivity contribution in [1.29, 1.82) is 0 Å². The van der Waals surface area contributed by atoms with E-state index in [0.29, 0.717) is 24.9 Å². The highest BCUT2D eigenvalue weighted by atomic mass is 35.5. The third kappa shape index (κ3) is 6.54. The van der Waals surface area contributed by atoms with Crippen molar-refractivity contribution in [3.63, 3.8) is 0 Å². The zero-order valence-corrected chi connectivity index (χ0v) is 13.8. The van der Waals surface area contributed by atoms with Gasteiger partial charge in [-0.3, -0.25) is 4.79 Å². The maximum absolute atomic E-state index is 11.7. The summed E-state index contributed by atoms with van der Waals surface area (Å²) in [5, 5.41) is 6.22. The van der Waals surface area contributed by atoms with Crippen LogP contribution < -0.4 is 20.1 Å². The molecule has 2 rings (SSSR count). The zero-order valence-electron chi connectivity index (χ0n) is 13.0. The van der Waals surface area contributed by atoms with E-state index in [1.165, 1.54) is 6.42 Å². The fourth-order valence-electron chi connectivity index (χ4n) is 2.22. The Balaban J connectivity index is 0.00000242. The van der Waals surface area contributed by atoms with E-state index in [0.717, 1.165) is 25.1 Å². The number of carbonyl (C=O) groups is 1. The van der Waals surface area contributed by atoms with Crippen LogP contribution >= 0.6 is 12.4 Å². The first-order valence-corrected chi connectivity index (χ1v) is 7.63. The first kappa shape index (κ1) is 18.6. The highest BCUT2D eigenvalue weighted by Gasteiger charge is 2.14. The molecule has 0 saturated carbocycles. The number of hydrogen-bond donors (Lipinski definition) is 2. The first-order chi connectivity index (χ1) is 10.3. The molecule has 0 aromatic heterocycles. The lowest BCUT2D eigenvalue weighted by molar-refractivity contribution is -0.123. The molecule has 1 aliphatic rings. The summed E-state index contributed by atoms with van der Waals surface area (Å²) in [6, 6.07) is 7.74. The molecule has 0 spiro atoms. The summed E-state index contributed by atoms with van der Waals surface area (Å²) in [6.07, 6.45) is 3.29. The molecule has 22 heavy (non-hydrogen) atoms. The molecule has 0 aliphatic carbocycles. The van der Waals surface area contributed by atoms with Crippen LogP contribution in [0.3, 0.4) is 0 Å². The van der Waals surface area contributed by atoms with E-state index >= 15 is 0 Å². The first-order valence-electron chi connectivity index (χ1n) is 7.63. The lowest BCUT2D eigenvalue weighted by Gasteiger charge is -2.12. The molecule has 0 radical (unpaired) electrons. The van der Waals surface area contributed by atoms with Gasteiger partial charge < -0.3 is 20.1 Å². The van der Waals surface area contributed by atoms with Crippen molar-refractivity contribution in [2.24, 2.45) is 0 Å². The molecular weight excluding hydrogens is 304 g/mol. The highest BCUT2D eigenvalue weighted by molar-refractivity contribution is 5.85. The second-order valence-electron chi connectivity index (χ2n) is 5.21. The van der Waals surface area contributed by atoms with Crippen LogP contribution in [0.4, 0.5) is 0 Å². The van der Waals surface area contributed by atoms with Crippen LogP contribution in [0.25, 0.3) is 0 Å². The maximum Gasteiger partial charge on any atom is 0.257 e. The van der Waals surface area contributed by atoms with E-state index in [9.17, 15) is 4.79 Å². The van der Waals surface area contributed by atoms with Crippen LogP contribution in [-0.4, -0.2) is 38.3 Å². The molecule has 5 nitrogen and oxygen atoms in total. The molecule has 1 atom stereocenters. The molecule has 1 fully saturated rings. The summed E-state index contributed by atoms with van der Waals surface area (Å²) in [7, 11) is 0. The fourth-order valence-corrected chi connectivity index (χ4v) is 2.22. The van der Waals surface area contributed by atoms with E-state index in [1.807, 2.05) is 24.3 Å². The summed E-state index contributed by atoms with van der Waals surface area (Å²) in [6.45, 7) is 4.53. The average molecular weight is 329 g/mol.